The quantitative estimate of drug-likeness (QED) is 0.829. The van der Waals surface area contributed by atoms with Gasteiger partial charge in [-0.25, -0.2) is 0 Å². The first-order valence-corrected chi connectivity index (χ1v) is 6.39. The number of rotatable bonds is 4. The van der Waals surface area contributed by atoms with Crippen LogP contribution in [-0.2, 0) is 0 Å². The molecular weight excluding hydrogens is 315 g/mol. The molecular formula is C12H17IN2O. The van der Waals surface area contributed by atoms with E-state index in [9.17, 15) is 4.79 Å². The summed E-state index contributed by atoms with van der Waals surface area (Å²) in [7, 11) is 0. The van der Waals surface area contributed by atoms with E-state index < -0.39 is 0 Å². The fourth-order valence-corrected chi connectivity index (χ4v) is 1.92. The molecule has 1 amide bonds. The molecule has 0 saturated heterocycles. The summed E-state index contributed by atoms with van der Waals surface area (Å²) in [6.07, 6.45) is 0. The van der Waals surface area contributed by atoms with Crippen LogP contribution in [0.3, 0.4) is 0 Å². The lowest BCUT2D eigenvalue weighted by Crippen LogP contribution is -2.43. The van der Waals surface area contributed by atoms with Gasteiger partial charge in [0, 0.05) is 21.7 Å². The van der Waals surface area contributed by atoms with Crippen LogP contribution in [0.1, 0.15) is 24.2 Å². The minimum absolute atomic E-state index is 0.0327. The van der Waals surface area contributed by atoms with Gasteiger partial charge in [0.25, 0.3) is 5.91 Å². The van der Waals surface area contributed by atoms with Gasteiger partial charge in [0.1, 0.15) is 0 Å². The van der Waals surface area contributed by atoms with Gasteiger partial charge < -0.3 is 11.1 Å². The smallest absolute Gasteiger partial charge is 0.251 e. The Morgan fingerprint density at radius 1 is 1.50 bits per heavy atom. The normalized spacial score (nSPS) is 12.6. The maximum atomic E-state index is 11.9. The van der Waals surface area contributed by atoms with Gasteiger partial charge in [-0.15, -0.1) is 0 Å². The SMILES string of the molecule is CC(C)C(CN)NC(=O)c1cccc(I)c1. The largest absolute Gasteiger partial charge is 0.348 e. The van der Waals surface area contributed by atoms with Crippen LogP contribution in [0, 0.1) is 9.49 Å². The molecule has 0 bridgehead atoms. The Morgan fingerprint density at radius 3 is 2.69 bits per heavy atom. The van der Waals surface area contributed by atoms with Gasteiger partial charge in [-0.2, -0.15) is 0 Å². The zero-order valence-electron chi connectivity index (χ0n) is 9.53. The predicted molar refractivity (Wildman–Crippen MR) is 74.3 cm³/mol. The Morgan fingerprint density at radius 2 is 2.19 bits per heavy atom. The molecule has 0 aliphatic rings. The van der Waals surface area contributed by atoms with Gasteiger partial charge in [0.05, 0.1) is 0 Å². The molecule has 0 radical (unpaired) electrons. The van der Waals surface area contributed by atoms with Crippen molar-refractivity contribution in [3.8, 4) is 0 Å². The van der Waals surface area contributed by atoms with E-state index in [-0.39, 0.29) is 11.9 Å². The fourth-order valence-electron chi connectivity index (χ4n) is 1.38. The minimum atomic E-state index is -0.0531. The molecule has 0 spiro atoms. The van der Waals surface area contributed by atoms with E-state index in [1.54, 1.807) is 0 Å². The third-order valence-electron chi connectivity index (χ3n) is 2.46. The van der Waals surface area contributed by atoms with E-state index in [0.29, 0.717) is 18.0 Å². The Labute approximate surface area is 110 Å². The summed E-state index contributed by atoms with van der Waals surface area (Å²) in [6.45, 7) is 4.56. The van der Waals surface area contributed by atoms with E-state index in [4.69, 9.17) is 5.73 Å². The highest BCUT2D eigenvalue weighted by atomic mass is 127. The lowest BCUT2D eigenvalue weighted by atomic mass is 10.0. The zero-order chi connectivity index (χ0) is 12.1. The van der Waals surface area contributed by atoms with Crippen molar-refractivity contribution in [1.82, 2.24) is 5.32 Å². The molecule has 4 heteroatoms. The molecule has 0 aromatic heterocycles. The van der Waals surface area contributed by atoms with E-state index in [0.717, 1.165) is 3.57 Å². The molecule has 1 unspecified atom stereocenters. The topological polar surface area (TPSA) is 55.1 Å². The van der Waals surface area contributed by atoms with Crippen LogP contribution in [0.4, 0.5) is 0 Å². The second kappa shape index (κ2) is 6.20. The van der Waals surface area contributed by atoms with E-state index in [1.165, 1.54) is 0 Å². The van der Waals surface area contributed by atoms with Gasteiger partial charge in [-0.1, -0.05) is 19.9 Å². The molecule has 1 atom stereocenters. The number of amides is 1. The maximum Gasteiger partial charge on any atom is 0.251 e. The Bertz CT molecular complexity index is 366. The number of hydrogen-bond donors (Lipinski definition) is 2. The number of nitrogens with one attached hydrogen (secondary N) is 1. The van der Waals surface area contributed by atoms with Crippen LogP contribution >= 0.6 is 22.6 Å². The first-order valence-electron chi connectivity index (χ1n) is 5.31. The highest BCUT2D eigenvalue weighted by molar-refractivity contribution is 14.1. The van der Waals surface area contributed by atoms with E-state index in [1.807, 2.05) is 38.1 Å². The number of hydrogen-bond acceptors (Lipinski definition) is 2. The molecule has 1 rings (SSSR count). The second-order valence-corrected chi connectivity index (χ2v) is 5.32. The summed E-state index contributed by atoms with van der Waals surface area (Å²) < 4.78 is 1.05. The molecule has 3 nitrogen and oxygen atoms in total. The lowest BCUT2D eigenvalue weighted by molar-refractivity contribution is 0.0927. The molecule has 1 aromatic rings. The Hall–Kier alpha value is -0.620. The monoisotopic (exact) mass is 332 g/mol. The van der Waals surface area contributed by atoms with Crippen molar-refractivity contribution in [2.75, 3.05) is 6.54 Å². The Kier molecular flexibility index (Phi) is 5.21. The van der Waals surface area contributed by atoms with E-state index >= 15 is 0 Å². The molecule has 1 aromatic carbocycles. The van der Waals surface area contributed by atoms with Gasteiger partial charge in [-0.3, -0.25) is 4.79 Å². The van der Waals surface area contributed by atoms with Crippen molar-refractivity contribution in [1.29, 1.82) is 0 Å². The number of halogens is 1. The highest BCUT2D eigenvalue weighted by Crippen LogP contribution is 2.08. The second-order valence-electron chi connectivity index (χ2n) is 4.07. The van der Waals surface area contributed by atoms with Crippen LogP contribution in [0.25, 0.3) is 0 Å². The van der Waals surface area contributed by atoms with Crippen molar-refractivity contribution < 1.29 is 4.79 Å². The van der Waals surface area contributed by atoms with Crippen LogP contribution in [0.5, 0.6) is 0 Å². The molecule has 3 N–H and O–H groups in total. The first kappa shape index (κ1) is 13.4. The lowest BCUT2D eigenvalue weighted by Gasteiger charge is -2.20. The molecule has 0 aliphatic carbocycles. The minimum Gasteiger partial charge on any atom is -0.348 e. The first-order chi connectivity index (χ1) is 7.54. The maximum absolute atomic E-state index is 11.9. The fraction of sp³-hybridized carbons (Fsp3) is 0.417. The molecule has 0 aliphatic heterocycles. The summed E-state index contributed by atoms with van der Waals surface area (Å²) in [4.78, 5) is 11.9. The summed E-state index contributed by atoms with van der Waals surface area (Å²) in [5.74, 6) is 0.291. The van der Waals surface area contributed by atoms with Gasteiger partial charge in [0.15, 0.2) is 0 Å². The molecule has 0 fully saturated rings. The van der Waals surface area contributed by atoms with Gasteiger partial charge in [0.2, 0.25) is 0 Å². The van der Waals surface area contributed by atoms with Gasteiger partial charge in [-0.05, 0) is 46.7 Å². The standard InChI is InChI=1S/C12H17IN2O/c1-8(2)11(7-14)15-12(16)9-4-3-5-10(13)6-9/h3-6,8,11H,7,14H2,1-2H3,(H,15,16). The van der Waals surface area contributed by atoms with Crippen molar-refractivity contribution in [3.05, 3.63) is 33.4 Å². The number of benzene rings is 1. The summed E-state index contributed by atoms with van der Waals surface area (Å²) in [6, 6.07) is 7.55. The average molecular weight is 332 g/mol. The summed E-state index contributed by atoms with van der Waals surface area (Å²) in [5, 5.41) is 2.94. The van der Waals surface area contributed by atoms with Crippen molar-refractivity contribution >= 4 is 28.5 Å². The van der Waals surface area contributed by atoms with Crippen molar-refractivity contribution in [2.45, 2.75) is 19.9 Å². The van der Waals surface area contributed by atoms with E-state index in [2.05, 4.69) is 27.9 Å². The van der Waals surface area contributed by atoms with Crippen LogP contribution in [0.2, 0.25) is 0 Å². The summed E-state index contributed by atoms with van der Waals surface area (Å²) in [5.41, 5.74) is 6.30. The number of carbonyl (C=O) groups is 1. The van der Waals surface area contributed by atoms with Crippen LogP contribution in [-0.4, -0.2) is 18.5 Å². The molecule has 16 heavy (non-hydrogen) atoms. The van der Waals surface area contributed by atoms with Crippen molar-refractivity contribution in [3.63, 3.8) is 0 Å². The zero-order valence-corrected chi connectivity index (χ0v) is 11.7. The third-order valence-corrected chi connectivity index (χ3v) is 3.13. The van der Waals surface area contributed by atoms with Crippen LogP contribution < -0.4 is 11.1 Å². The van der Waals surface area contributed by atoms with Crippen LogP contribution in [0.15, 0.2) is 24.3 Å². The molecule has 0 saturated carbocycles. The van der Waals surface area contributed by atoms with Gasteiger partial charge >= 0.3 is 0 Å². The highest BCUT2D eigenvalue weighted by Gasteiger charge is 2.15. The Balaban J connectivity index is 2.72. The molecule has 88 valence electrons. The average Bonchev–Trinajstić information content (AvgIpc) is 2.25. The number of nitrogens with two attached hydrogens (primary N) is 1. The summed E-state index contributed by atoms with van der Waals surface area (Å²) >= 11 is 2.19. The number of carbonyl (C=O) groups excluding carboxylic acids is 1. The predicted octanol–water partition coefficient (Wildman–Crippen LogP) is 2.00. The molecule has 0 heterocycles. The third kappa shape index (κ3) is 3.75. The van der Waals surface area contributed by atoms with Crippen molar-refractivity contribution in [2.24, 2.45) is 11.7 Å².